The van der Waals surface area contributed by atoms with E-state index in [9.17, 15) is 18.3 Å². The average molecular weight is 370 g/mol. The monoisotopic (exact) mass is 370 g/mol. The Morgan fingerprint density at radius 1 is 1.19 bits per heavy atom. The number of carboxylic acid groups (broad SMARTS) is 1. The Kier molecular flexibility index (Phi) is 5.07. The summed E-state index contributed by atoms with van der Waals surface area (Å²) < 4.78 is 27.2. The lowest BCUT2D eigenvalue weighted by molar-refractivity contribution is -0.139. The van der Waals surface area contributed by atoms with Crippen LogP contribution in [0.2, 0.25) is 0 Å². The zero-order chi connectivity index (χ0) is 18.7. The molecule has 3 rings (SSSR count). The van der Waals surface area contributed by atoms with Crippen LogP contribution < -0.4 is 0 Å². The highest BCUT2D eigenvalue weighted by Crippen LogP contribution is 2.32. The molecular weight excluding hydrogens is 352 g/mol. The summed E-state index contributed by atoms with van der Waals surface area (Å²) in [5.74, 6) is -1.92. The minimum Gasteiger partial charge on any atom is -0.481 e. The summed E-state index contributed by atoms with van der Waals surface area (Å²) in [6.45, 7) is 0.0589. The van der Waals surface area contributed by atoms with E-state index < -0.39 is 21.9 Å². The first-order chi connectivity index (χ1) is 12.4. The maximum atomic E-state index is 13.0. The van der Waals surface area contributed by atoms with Gasteiger partial charge in [-0.1, -0.05) is 36.4 Å². The van der Waals surface area contributed by atoms with Gasteiger partial charge in [-0.15, -0.1) is 0 Å². The van der Waals surface area contributed by atoms with Crippen LogP contribution in [-0.2, 0) is 27.8 Å². The second-order valence-corrected chi connectivity index (χ2v) is 8.13. The molecule has 0 spiro atoms. The number of benzene rings is 2. The summed E-state index contributed by atoms with van der Waals surface area (Å²) in [5.41, 5.74) is 2.26. The fourth-order valence-electron chi connectivity index (χ4n) is 3.15. The fraction of sp³-hybridized carbons (Fsp3) is 0.263. The van der Waals surface area contributed by atoms with E-state index in [1.54, 1.807) is 36.4 Å². The lowest BCUT2D eigenvalue weighted by Crippen LogP contribution is -2.40. The summed E-state index contributed by atoms with van der Waals surface area (Å²) in [7, 11) is -3.80. The van der Waals surface area contributed by atoms with E-state index >= 15 is 0 Å². The predicted molar refractivity (Wildman–Crippen MR) is 94.8 cm³/mol. The number of fused-ring (bicyclic) bond motifs is 1. The van der Waals surface area contributed by atoms with Crippen molar-refractivity contribution in [2.45, 2.75) is 30.2 Å². The normalized spacial score (nSPS) is 17.3. The molecule has 2 aromatic carbocycles. The number of nitrogens with zero attached hydrogens (tertiary/aromatic N) is 2. The molecule has 1 aliphatic rings. The molecule has 134 valence electrons. The molecule has 0 aliphatic carbocycles. The van der Waals surface area contributed by atoms with Crippen LogP contribution in [0.3, 0.4) is 0 Å². The van der Waals surface area contributed by atoms with Crippen LogP contribution in [0.4, 0.5) is 0 Å². The van der Waals surface area contributed by atoms with E-state index in [0.29, 0.717) is 24.0 Å². The number of aryl methyl sites for hydroxylation is 1. The molecule has 0 aromatic heterocycles. The molecule has 1 N–H and O–H groups in total. The fourth-order valence-corrected chi connectivity index (χ4v) is 4.58. The van der Waals surface area contributed by atoms with Gasteiger partial charge in [0, 0.05) is 19.5 Å². The summed E-state index contributed by atoms with van der Waals surface area (Å²) in [6, 6.07) is 15.5. The van der Waals surface area contributed by atoms with Gasteiger partial charge in [0.05, 0.1) is 16.9 Å². The van der Waals surface area contributed by atoms with Crippen LogP contribution in [-0.4, -0.2) is 30.3 Å². The van der Waals surface area contributed by atoms with Crippen molar-refractivity contribution in [2.75, 3.05) is 6.54 Å². The molecule has 0 saturated carbocycles. The van der Waals surface area contributed by atoms with Gasteiger partial charge >= 0.3 is 5.97 Å². The van der Waals surface area contributed by atoms with Crippen LogP contribution >= 0.6 is 0 Å². The number of sulfonamides is 1. The van der Waals surface area contributed by atoms with E-state index in [1.807, 2.05) is 0 Å². The standard InChI is InChI=1S/C19H18N2O4S/c20-11-3-4-14-7-9-16(10-8-14)26(24,25)21-12-15-5-1-2-6-17(15)18(13-21)19(22)23/h1-2,5-10,18H,3-4,12-13H2,(H,22,23). The molecule has 26 heavy (non-hydrogen) atoms. The molecule has 1 unspecified atom stereocenters. The van der Waals surface area contributed by atoms with Gasteiger partial charge < -0.3 is 5.11 Å². The van der Waals surface area contributed by atoms with Gasteiger partial charge in [-0.25, -0.2) is 8.42 Å². The number of hydrogen-bond donors (Lipinski definition) is 1. The lowest BCUT2D eigenvalue weighted by atomic mass is 9.91. The Labute approximate surface area is 152 Å². The molecule has 0 radical (unpaired) electrons. The highest BCUT2D eigenvalue weighted by atomic mass is 32.2. The second-order valence-electron chi connectivity index (χ2n) is 6.19. The van der Waals surface area contributed by atoms with Gasteiger partial charge in [0.15, 0.2) is 0 Å². The summed E-state index contributed by atoms with van der Waals surface area (Å²) in [4.78, 5) is 11.7. The first-order valence-corrected chi connectivity index (χ1v) is 9.64. The van der Waals surface area contributed by atoms with Crippen molar-refractivity contribution in [1.82, 2.24) is 4.31 Å². The molecule has 2 aromatic rings. The largest absolute Gasteiger partial charge is 0.481 e. The topological polar surface area (TPSA) is 98.5 Å². The number of aliphatic carboxylic acids is 1. The summed E-state index contributed by atoms with van der Waals surface area (Å²) >= 11 is 0. The van der Waals surface area contributed by atoms with Gasteiger partial charge in [-0.2, -0.15) is 9.57 Å². The molecule has 1 atom stereocenters. The van der Waals surface area contributed by atoms with Crippen molar-refractivity contribution < 1.29 is 18.3 Å². The van der Waals surface area contributed by atoms with E-state index in [1.165, 1.54) is 16.4 Å². The number of nitriles is 1. The second kappa shape index (κ2) is 7.28. The molecule has 0 saturated heterocycles. The highest BCUT2D eigenvalue weighted by Gasteiger charge is 2.36. The number of rotatable bonds is 5. The van der Waals surface area contributed by atoms with E-state index in [0.717, 1.165) is 5.56 Å². The third kappa shape index (κ3) is 3.47. The maximum Gasteiger partial charge on any atom is 0.312 e. The first kappa shape index (κ1) is 18.1. The van der Waals surface area contributed by atoms with E-state index in [-0.39, 0.29) is 18.0 Å². The van der Waals surface area contributed by atoms with Crippen molar-refractivity contribution >= 4 is 16.0 Å². The smallest absolute Gasteiger partial charge is 0.312 e. The quantitative estimate of drug-likeness (QED) is 0.872. The van der Waals surface area contributed by atoms with E-state index in [2.05, 4.69) is 6.07 Å². The zero-order valence-electron chi connectivity index (χ0n) is 14.0. The molecule has 1 heterocycles. The molecular formula is C19H18N2O4S. The Morgan fingerprint density at radius 3 is 2.54 bits per heavy atom. The molecule has 0 fully saturated rings. The highest BCUT2D eigenvalue weighted by molar-refractivity contribution is 7.89. The minimum absolute atomic E-state index is 0.0924. The minimum atomic E-state index is -3.80. The molecule has 0 amide bonds. The summed E-state index contributed by atoms with van der Waals surface area (Å²) in [5, 5.41) is 18.1. The van der Waals surface area contributed by atoms with Gasteiger partial charge in [0.25, 0.3) is 0 Å². The van der Waals surface area contributed by atoms with Crippen LogP contribution in [0.15, 0.2) is 53.4 Å². The molecule has 0 bridgehead atoms. The Morgan fingerprint density at radius 2 is 1.88 bits per heavy atom. The average Bonchev–Trinajstić information content (AvgIpc) is 2.65. The first-order valence-electron chi connectivity index (χ1n) is 8.20. The SMILES string of the molecule is N#CCCc1ccc(S(=O)(=O)N2Cc3ccccc3C(C(=O)O)C2)cc1. The molecule has 6 nitrogen and oxygen atoms in total. The Balaban J connectivity index is 1.90. The van der Waals surface area contributed by atoms with E-state index in [4.69, 9.17) is 5.26 Å². The third-order valence-electron chi connectivity index (χ3n) is 4.55. The van der Waals surface area contributed by atoms with Gasteiger partial charge in [0.1, 0.15) is 0 Å². The Bertz CT molecular complexity index is 962. The summed E-state index contributed by atoms with van der Waals surface area (Å²) in [6.07, 6.45) is 0.935. The van der Waals surface area contributed by atoms with Gasteiger partial charge in [-0.05, 0) is 35.2 Å². The third-order valence-corrected chi connectivity index (χ3v) is 6.37. The van der Waals surface area contributed by atoms with Crippen molar-refractivity contribution in [2.24, 2.45) is 0 Å². The van der Waals surface area contributed by atoms with Crippen LogP contribution in [0.1, 0.15) is 29.0 Å². The molecule has 1 aliphatic heterocycles. The number of carboxylic acids is 1. The van der Waals surface area contributed by atoms with Crippen molar-refractivity contribution in [3.63, 3.8) is 0 Å². The van der Waals surface area contributed by atoms with Gasteiger partial charge in [0.2, 0.25) is 10.0 Å². The van der Waals surface area contributed by atoms with Crippen molar-refractivity contribution in [1.29, 1.82) is 5.26 Å². The van der Waals surface area contributed by atoms with Gasteiger partial charge in [-0.3, -0.25) is 4.79 Å². The van der Waals surface area contributed by atoms with Crippen LogP contribution in [0.25, 0.3) is 0 Å². The maximum absolute atomic E-state index is 13.0. The van der Waals surface area contributed by atoms with Crippen molar-refractivity contribution in [3.8, 4) is 6.07 Å². The van der Waals surface area contributed by atoms with Crippen molar-refractivity contribution in [3.05, 3.63) is 65.2 Å². The number of hydrogen-bond acceptors (Lipinski definition) is 4. The van der Waals surface area contributed by atoms with Crippen LogP contribution in [0, 0.1) is 11.3 Å². The predicted octanol–water partition coefficient (Wildman–Crippen LogP) is 2.52. The Hall–Kier alpha value is -2.69. The van der Waals surface area contributed by atoms with Crippen LogP contribution in [0.5, 0.6) is 0 Å². The lowest BCUT2D eigenvalue weighted by Gasteiger charge is -2.32. The number of carbonyl (C=O) groups is 1. The molecule has 7 heteroatoms. The zero-order valence-corrected chi connectivity index (χ0v) is 14.8.